The number of aromatic amines is 2. The molecule has 5 nitrogen and oxygen atoms in total. The number of anilines is 1. The Labute approximate surface area is 97.7 Å². The van der Waals surface area contributed by atoms with Gasteiger partial charge in [0.2, 0.25) is 0 Å². The van der Waals surface area contributed by atoms with Gasteiger partial charge in [0.05, 0.1) is 17.1 Å². The number of hydrogen-bond donors (Lipinski definition) is 3. The monoisotopic (exact) mass is 225 g/mol. The molecule has 0 bridgehead atoms. The van der Waals surface area contributed by atoms with Crippen LogP contribution < -0.4 is 5.73 Å². The highest BCUT2D eigenvalue weighted by atomic mass is 15.2. The SMILES string of the molecule is Nc1cc(-c2cc(-c3ccccc3)n[nH]2)[nH]n1. The van der Waals surface area contributed by atoms with Crippen LogP contribution in [0.3, 0.4) is 0 Å². The van der Waals surface area contributed by atoms with Gasteiger partial charge in [-0.3, -0.25) is 10.2 Å². The molecule has 5 heteroatoms. The van der Waals surface area contributed by atoms with Gasteiger partial charge in [0.15, 0.2) is 0 Å². The number of nitrogens with zero attached hydrogens (tertiary/aromatic N) is 2. The molecule has 3 rings (SSSR count). The lowest BCUT2D eigenvalue weighted by atomic mass is 10.1. The van der Waals surface area contributed by atoms with E-state index in [-0.39, 0.29) is 0 Å². The van der Waals surface area contributed by atoms with Gasteiger partial charge in [-0.1, -0.05) is 30.3 Å². The molecule has 2 aromatic heterocycles. The normalized spacial score (nSPS) is 10.6. The molecule has 0 saturated carbocycles. The van der Waals surface area contributed by atoms with Crippen molar-refractivity contribution in [2.45, 2.75) is 0 Å². The number of aromatic nitrogens is 4. The third-order valence-corrected chi connectivity index (χ3v) is 2.54. The van der Waals surface area contributed by atoms with E-state index in [0.717, 1.165) is 22.6 Å². The minimum atomic E-state index is 0.468. The van der Waals surface area contributed by atoms with Crippen LogP contribution in [0.2, 0.25) is 0 Å². The average Bonchev–Trinajstić information content (AvgIpc) is 2.98. The molecule has 0 spiro atoms. The highest BCUT2D eigenvalue weighted by Crippen LogP contribution is 2.22. The first-order valence-electron chi connectivity index (χ1n) is 5.25. The van der Waals surface area contributed by atoms with Crippen LogP contribution in [-0.2, 0) is 0 Å². The summed E-state index contributed by atoms with van der Waals surface area (Å²) in [5.41, 5.74) is 9.23. The first-order chi connectivity index (χ1) is 8.33. The Kier molecular flexibility index (Phi) is 2.15. The topological polar surface area (TPSA) is 83.4 Å². The second kappa shape index (κ2) is 3.79. The molecule has 1 aromatic carbocycles. The number of nitrogen functional groups attached to an aromatic ring is 1. The van der Waals surface area contributed by atoms with E-state index >= 15 is 0 Å². The largest absolute Gasteiger partial charge is 0.382 e. The predicted molar refractivity (Wildman–Crippen MR) is 66.0 cm³/mol. The maximum Gasteiger partial charge on any atom is 0.145 e. The highest BCUT2D eigenvalue weighted by molar-refractivity contribution is 5.67. The van der Waals surface area contributed by atoms with Crippen LogP contribution in [0.4, 0.5) is 5.82 Å². The summed E-state index contributed by atoms with van der Waals surface area (Å²) in [6, 6.07) is 13.7. The van der Waals surface area contributed by atoms with Gasteiger partial charge in [-0.2, -0.15) is 10.2 Å². The third-order valence-electron chi connectivity index (χ3n) is 2.54. The summed E-state index contributed by atoms with van der Waals surface area (Å²) in [4.78, 5) is 0. The molecule has 0 aliphatic heterocycles. The van der Waals surface area contributed by atoms with E-state index < -0.39 is 0 Å². The fourth-order valence-corrected chi connectivity index (χ4v) is 1.69. The fourth-order valence-electron chi connectivity index (χ4n) is 1.69. The van der Waals surface area contributed by atoms with Gasteiger partial charge in [0, 0.05) is 11.6 Å². The molecule has 2 heterocycles. The zero-order valence-electron chi connectivity index (χ0n) is 9.01. The van der Waals surface area contributed by atoms with Gasteiger partial charge < -0.3 is 5.73 Å². The molecule has 0 amide bonds. The Balaban J connectivity index is 1.99. The summed E-state index contributed by atoms with van der Waals surface area (Å²) in [5.74, 6) is 0.468. The van der Waals surface area contributed by atoms with Gasteiger partial charge in [-0.05, 0) is 6.07 Å². The molecule has 3 aromatic rings. The summed E-state index contributed by atoms with van der Waals surface area (Å²) < 4.78 is 0. The molecule has 0 saturated heterocycles. The van der Waals surface area contributed by atoms with Crippen molar-refractivity contribution in [1.29, 1.82) is 0 Å². The second-order valence-electron chi connectivity index (χ2n) is 3.74. The Morgan fingerprint density at radius 3 is 2.29 bits per heavy atom. The summed E-state index contributed by atoms with van der Waals surface area (Å²) in [7, 11) is 0. The van der Waals surface area contributed by atoms with Gasteiger partial charge in [0.25, 0.3) is 0 Å². The summed E-state index contributed by atoms with van der Waals surface area (Å²) >= 11 is 0. The summed E-state index contributed by atoms with van der Waals surface area (Å²) in [6.07, 6.45) is 0. The van der Waals surface area contributed by atoms with Gasteiger partial charge >= 0.3 is 0 Å². The molecule has 0 unspecified atom stereocenters. The number of rotatable bonds is 2. The smallest absolute Gasteiger partial charge is 0.145 e. The minimum Gasteiger partial charge on any atom is -0.382 e. The molecule has 0 aliphatic rings. The van der Waals surface area contributed by atoms with Crippen molar-refractivity contribution in [2.75, 3.05) is 5.73 Å². The Morgan fingerprint density at radius 1 is 0.882 bits per heavy atom. The number of benzene rings is 1. The van der Waals surface area contributed by atoms with Crippen LogP contribution in [0.5, 0.6) is 0 Å². The molecule has 0 aliphatic carbocycles. The molecular formula is C12H11N5. The molecule has 0 atom stereocenters. The van der Waals surface area contributed by atoms with Crippen LogP contribution in [0.1, 0.15) is 0 Å². The van der Waals surface area contributed by atoms with Crippen molar-refractivity contribution in [3.63, 3.8) is 0 Å². The number of nitrogens with two attached hydrogens (primary N) is 1. The molecule has 4 N–H and O–H groups in total. The Bertz CT molecular complexity index is 623. The van der Waals surface area contributed by atoms with Crippen LogP contribution in [0.15, 0.2) is 42.5 Å². The quantitative estimate of drug-likeness (QED) is 0.624. The van der Waals surface area contributed by atoms with Gasteiger partial charge in [0.1, 0.15) is 5.82 Å². The van der Waals surface area contributed by atoms with Crippen molar-refractivity contribution in [3.8, 4) is 22.6 Å². The molecule has 0 radical (unpaired) electrons. The second-order valence-corrected chi connectivity index (χ2v) is 3.74. The maximum atomic E-state index is 5.56. The van der Waals surface area contributed by atoms with Crippen molar-refractivity contribution in [1.82, 2.24) is 20.4 Å². The number of nitrogens with one attached hydrogen (secondary N) is 2. The number of H-pyrrole nitrogens is 2. The van der Waals surface area contributed by atoms with E-state index in [0.29, 0.717) is 5.82 Å². The standard InChI is InChI=1S/C12H11N5/c13-12-7-11(16-17-12)10-6-9(14-15-10)8-4-2-1-3-5-8/h1-7H,(H,14,15)(H3,13,16,17). The van der Waals surface area contributed by atoms with E-state index in [1.165, 1.54) is 0 Å². The van der Waals surface area contributed by atoms with Crippen LogP contribution in [0.25, 0.3) is 22.6 Å². The van der Waals surface area contributed by atoms with Crippen LogP contribution >= 0.6 is 0 Å². The average molecular weight is 225 g/mol. The van der Waals surface area contributed by atoms with E-state index in [4.69, 9.17) is 5.73 Å². The first kappa shape index (κ1) is 9.65. The Morgan fingerprint density at radius 2 is 1.59 bits per heavy atom. The van der Waals surface area contributed by atoms with E-state index in [1.54, 1.807) is 6.07 Å². The van der Waals surface area contributed by atoms with Gasteiger partial charge in [-0.15, -0.1) is 0 Å². The van der Waals surface area contributed by atoms with Crippen molar-refractivity contribution < 1.29 is 0 Å². The fraction of sp³-hybridized carbons (Fsp3) is 0. The maximum absolute atomic E-state index is 5.56. The van der Waals surface area contributed by atoms with E-state index in [1.807, 2.05) is 36.4 Å². The van der Waals surface area contributed by atoms with Crippen molar-refractivity contribution in [3.05, 3.63) is 42.5 Å². The zero-order valence-corrected chi connectivity index (χ0v) is 9.01. The number of hydrogen-bond acceptors (Lipinski definition) is 3. The highest BCUT2D eigenvalue weighted by Gasteiger charge is 2.07. The lowest BCUT2D eigenvalue weighted by Crippen LogP contribution is -1.81. The molecule has 84 valence electrons. The lowest BCUT2D eigenvalue weighted by molar-refractivity contribution is 1.06. The van der Waals surface area contributed by atoms with Crippen LogP contribution in [-0.4, -0.2) is 20.4 Å². The third kappa shape index (κ3) is 1.78. The Hall–Kier alpha value is -2.56. The minimum absolute atomic E-state index is 0.468. The lowest BCUT2D eigenvalue weighted by Gasteiger charge is -1.92. The van der Waals surface area contributed by atoms with Crippen molar-refractivity contribution in [2.24, 2.45) is 0 Å². The first-order valence-corrected chi connectivity index (χ1v) is 5.25. The summed E-state index contributed by atoms with van der Waals surface area (Å²) in [5, 5.41) is 13.9. The zero-order chi connectivity index (χ0) is 11.7. The molecule has 0 fully saturated rings. The predicted octanol–water partition coefficient (Wildman–Crippen LogP) is 2.05. The molecular weight excluding hydrogens is 214 g/mol. The summed E-state index contributed by atoms with van der Waals surface area (Å²) in [6.45, 7) is 0. The molecule has 17 heavy (non-hydrogen) atoms. The van der Waals surface area contributed by atoms with E-state index in [2.05, 4.69) is 20.4 Å². The van der Waals surface area contributed by atoms with E-state index in [9.17, 15) is 0 Å². The van der Waals surface area contributed by atoms with Gasteiger partial charge in [-0.25, -0.2) is 0 Å². The van der Waals surface area contributed by atoms with Crippen molar-refractivity contribution >= 4 is 5.82 Å². The van der Waals surface area contributed by atoms with Crippen LogP contribution in [0, 0.1) is 0 Å².